The van der Waals surface area contributed by atoms with E-state index in [2.05, 4.69) is 5.32 Å². The van der Waals surface area contributed by atoms with E-state index in [9.17, 15) is 13.2 Å². The first-order chi connectivity index (χ1) is 11.7. The van der Waals surface area contributed by atoms with E-state index in [1.54, 1.807) is 18.2 Å². The summed E-state index contributed by atoms with van der Waals surface area (Å²) in [6, 6.07) is 4.94. The number of piperidine rings is 1. The van der Waals surface area contributed by atoms with E-state index in [0.717, 1.165) is 6.42 Å². The minimum atomic E-state index is -3.47. The van der Waals surface area contributed by atoms with E-state index >= 15 is 0 Å². The van der Waals surface area contributed by atoms with Gasteiger partial charge in [0.1, 0.15) is 0 Å². The maximum absolute atomic E-state index is 12.6. The Labute approximate surface area is 159 Å². The first-order valence-corrected chi connectivity index (χ1v) is 10.8. The second-order valence-corrected chi connectivity index (χ2v) is 9.30. The summed E-state index contributed by atoms with van der Waals surface area (Å²) in [4.78, 5) is 12.2. The van der Waals surface area contributed by atoms with Crippen molar-refractivity contribution in [3.05, 3.63) is 33.8 Å². The molecular weight excluding hydrogens is 383 g/mol. The molecule has 2 rings (SSSR count). The van der Waals surface area contributed by atoms with Crippen LogP contribution in [0.5, 0.6) is 0 Å². The molecule has 0 saturated carbocycles. The van der Waals surface area contributed by atoms with Crippen molar-refractivity contribution in [1.82, 2.24) is 9.62 Å². The number of amides is 1. The predicted octanol–water partition coefficient (Wildman–Crippen LogP) is 3.45. The highest BCUT2D eigenvalue weighted by atomic mass is 35.5. The summed E-state index contributed by atoms with van der Waals surface area (Å²) in [5.74, 6) is -0.265. The first kappa shape index (κ1) is 20.5. The van der Waals surface area contributed by atoms with Crippen molar-refractivity contribution < 1.29 is 13.2 Å². The average molecular weight is 407 g/mol. The van der Waals surface area contributed by atoms with E-state index < -0.39 is 10.0 Å². The van der Waals surface area contributed by atoms with Gasteiger partial charge in [-0.25, -0.2) is 12.7 Å². The van der Waals surface area contributed by atoms with Crippen molar-refractivity contribution >= 4 is 39.1 Å². The Bertz CT molecular complexity index is 717. The molecule has 0 aromatic heterocycles. The van der Waals surface area contributed by atoms with Crippen molar-refractivity contribution in [1.29, 1.82) is 0 Å². The molecule has 5 nitrogen and oxygen atoms in total. The van der Waals surface area contributed by atoms with Gasteiger partial charge in [0.05, 0.1) is 5.75 Å². The van der Waals surface area contributed by atoms with Crippen molar-refractivity contribution in [3.63, 3.8) is 0 Å². The number of nitrogens with zero attached hydrogens (tertiary/aromatic N) is 1. The van der Waals surface area contributed by atoms with Crippen LogP contribution in [0.25, 0.3) is 0 Å². The summed E-state index contributed by atoms with van der Waals surface area (Å²) in [7, 11) is -3.47. The number of sulfonamides is 1. The van der Waals surface area contributed by atoms with Gasteiger partial charge in [0.2, 0.25) is 15.9 Å². The van der Waals surface area contributed by atoms with Crippen LogP contribution < -0.4 is 5.32 Å². The zero-order valence-corrected chi connectivity index (χ0v) is 16.8. The summed E-state index contributed by atoms with van der Waals surface area (Å²) >= 11 is 11.9. The van der Waals surface area contributed by atoms with Gasteiger partial charge in [-0.3, -0.25) is 4.79 Å². The summed E-state index contributed by atoms with van der Waals surface area (Å²) in [5.41, 5.74) is 0.530. The largest absolute Gasteiger partial charge is 0.353 e. The van der Waals surface area contributed by atoms with E-state index in [-0.39, 0.29) is 23.6 Å². The van der Waals surface area contributed by atoms with Gasteiger partial charge in [-0.1, -0.05) is 36.2 Å². The Morgan fingerprint density at radius 3 is 2.52 bits per heavy atom. The van der Waals surface area contributed by atoms with Crippen LogP contribution in [0.4, 0.5) is 0 Å². The number of carbonyl (C=O) groups is 1. The van der Waals surface area contributed by atoms with E-state index in [1.807, 2.05) is 13.8 Å². The molecule has 25 heavy (non-hydrogen) atoms. The SMILES string of the molecule is CCC(C)NC(=O)C1CCN(S(=O)(=O)Cc2ccc(Cl)cc2Cl)CC1. The highest BCUT2D eigenvalue weighted by molar-refractivity contribution is 7.88. The van der Waals surface area contributed by atoms with E-state index in [1.165, 1.54) is 4.31 Å². The van der Waals surface area contributed by atoms with Crippen molar-refractivity contribution in [2.24, 2.45) is 5.92 Å². The molecule has 1 N–H and O–H groups in total. The van der Waals surface area contributed by atoms with E-state index in [4.69, 9.17) is 23.2 Å². The van der Waals surface area contributed by atoms with Crippen molar-refractivity contribution in [2.75, 3.05) is 13.1 Å². The first-order valence-electron chi connectivity index (χ1n) is 8.45. The van der Waals surface area contributed by atoms with Crippen LogP contribution in [0.3, 0.4) is 0 Å². The fourth-order valence-corrected chi connectivity index (χ4v) is 4.93. The van der Waals surface area contributed by atoms with Crippen LogP contribution in [0.2, 0.25) is 10.0 Å². The molecule has 1 aliphatic heterocycles. The predicted molar refractivity (Wildman–Crippen MR) is 101 cm³/mol. The van der Waals surface area contributed by atoms with Gasteiger partial charge in [-0.05, 0) is 43.9 Å². The molecule has 8 heteroatoms. The minimum absolute atomic E-state index is 0.0205. The fraction of sp³-hybridized carbons (Fsp3) is 0.588. The van der Waals surface area contributed by atoms with Gasteiger partial charge < -0.3 is 5.32 Å². The standard InChI is InChI=1S/C17H24Cl2N2O3S/c1-3-12(2)20-17(22)13-6-8-21(9-7-13)25(23,24)11-14-4-5-15(18)10-16(14)19/h4-5,10,12-13H,3,6-9,11H2,1-2H3,(H,20,22). The second kappa shape index (κ2) is 8.71. The lowest BCUT2D eigenvalue weighted by molar-refractivity contribution is -0.126. The van der Waals surface area contributed by atoms with E-state index in [0.29, 0.717) is 41.5 Å². The fourth-order valence-electron chi connectivity index (χ4n) is 2.79. The Morgan fingerprint density at radius 1 is 1.32 bits per heavy atom. The van der Waals surface area contributed by atoms with Gasteiger partial charge in [0, 0.05) is 35.1 Å². The lowest BCUT2D eigenvalue weighted by Gasteiger charge is -2.31. The molecule has 0 radical (unpaired) electrons. The van der Waals surface area contributed by atoms with Crippen LogP contribution in [0.1, 0.15) is 38.7 Å². The normalized spacial score (nSPS) is 18.1. The van der Waals surface area contributed by atoms with Crippen LogP contribution >= 0.6 is 23.2 Å². The third-order valence-corrected chi connectivity index (χ3v) is 6.99. The molecular formula is C17H24Cl2N2O3S. The monoisotopic (exact) mass is 406 g/mol. The molecule has 1 aliphatic rings. The Morgan fingerprint density at radius 2 is 1.96 bits per heavy atom. The molecule has 1 heterocycles. The summed E-state index contributed by atoms with van der Waals surface area (Å²) in [5, 5.41) is 3.79. The van der Waals surface area contributed by atoms with Crippen molar-refractivity contribution in [2.45, 2.75) is 44.9 Å². The van der Waals surface area contributed by atoms with Gasteiger partial charge in [0.15, 0.2) is 0 Å². The molecule has 1 atom stereocenters. The van der Waals surface area contributed by atoms with Crippen molar-refractivity contribution in [3.8, 4) is 0 Å². The number of hydrogen-bond acceptors (Lipinski definition) is 3. The number of benzene rings is 1. The van der Waals surface area contributed by atoms with Gasteiger partial charge >= 0.3 is 0 Å². The molecule has 0 spiro atoms. The Balaban J connectivity index is 1.95. The zero-order chi connectivity index (χ0) is 18.6. The molecule has 0 bridgehead atoms. The third-order valence-electron chi connectivity index (χ3n) is 4.57. The Hall–Kier alpha value is -0.820. The van der Waals surface area contributed by atoms with Crippen LogP contribution in [0.15, 0.2) is 18.2 Å². The number of hydrogen-bond donors (Lipinski definition) is 1. The van der Waals surface area contributed by atoms with Gasteiger partial charge in [-0.15, -0.1) is 0 Å². The highest BCUT2D eigenvalue weighted by Gasteiger charge is 2.31. The number of rotatable bonds is 6. The smallest absolute Gasteiger partial charge is 0.223 e. The molecule has 1 aromatic carbocycles. The van der Waals surface area contributed by atoms with Gasteiger partial charge in [-0.2, -0.15) is 0 Å². The topological polar surface area (TPSA) is 66.5 Å². The molecule has 1 fully saturated rings. The second-order valence-electron chi connectivity index (χ2n) is 6.48. The maximum atomic E-state index is 12.6. The maximum Gasteiger partial charge on any atom is 0.223 e. The molecule has 1 unspecified atom stereocenters. The number of carbonyl (C=O) groups excluding carboxylic acids is 1. The van der Waals surface area contributed by atoms with Crippen LogP contribution in [-0.4, -0.2) is 37.8 Å². The summed E-state index contributed by atoms with van der Waals surface area (Å²) < 4.78 is 26.7. The molecule has 140 valence electrons. The number of nitrogens with one attached hydrogen (secondary N) is 1. The molecule has 1 amide bonds. The molecule has 1 saturated heterocycles. The lowest BCUT2D eigenvalue weighted by atomic mass is 9.97. The minimum Gasteiger partial charge on any atom is -0.353 e. The quantitative estimate of drug-likeness (QED) is 0.786. The number of halogens is 2. The van der Waals surface area contributed by atoms with Gasteiger partial charge in [0.25, 0.3) is 0 Å². The molecule has 0 aliphatic carbocycles. The average Bonchev–Trinajstić information content (AvgIpc) is 2.57. The highest BCUT2D eigenvalue weighted by Crippen LogP contribution is 2.26. The summed E-state index contributed by atoms with van der Waals surface area (Å²) in [6.07, 6.45) is 1.95. The molecule has 1 aromatic rings. The zero-order valence-electron chi connectivity index (χ0n) is 14.5. The van der Waals surface area contributed by atoms with Crippen LogP contribution in [-0.2, 0) is 20.6 Å². The summed E-state index contributed by atoms with van der Waals surface area (Å²) in [6.45, 7) is 4.69. The lowest BCUT2D eigenvalue weighted by Crippen LogP contribution is -2.44. The third kappa shape index (κ3) is 5.58. The Kier molecular flexibility index (Phi) is 7.14. The van der Waals surface area contributed by atoms with Crippen LogP contribution in [0, 0.1) is 5.92 Å².